The molecule has 5 heteroatoms. The summed E-state index contributed by atoms with van der Waals surface area (Å²) in [5.41, 5.74) is 5.54. The lowest BCUT2D eigenvalue weighted by Crippen LogP contribution is -1.94. The minimum Gasteiger partial charge on any atom is -0.383 e. The Morgan fingerprint density at radius 1 is 1.64 bits per heavy atom. The van der Waals surface area contributed by atoms with Crippen molar-refractivity contribution < 1.29 is 0 Å². The first-order chi connectivity index (χ1) is 5.25. The second kappa shape index (κ2) is 3.92. The van der Waals surface area contributed by atoms with Crippen LogP contribution in [0.2, 0.25) is 0 Å². The van der Waals surface area contributed by atoms with Gasteiger partial charge in [-0.25, -0.2) is 9.97 Å². The maximum absolute atomic E-state index is 5.54. The minimum absolute atomic E-state index is 0.496. The van der Waals surface area contributed by atoms with Gasteiger partial charge in [0.1, 0.15) is 17.2 Å². The average Bonchev–Trinajstić information content (AvgIpc) is 1.99. The monoisotopic (exact) mass is 233 g/mol. The molecule has 0 aliphatic rings. The third kappa shape index (κ3) is 2.07. The van der Waals surface area contributed by atoms with Crippen molar-refractivity contribution in [1.29, 1.82) is 0 Å². The number of rotatable bonds is 2. The van der Waals surface area contributed by atoms with Gasteiger partial charge in [0.15, 0.2) is 0 Å². The summed E-state index contributed by atoms with van der Waals surface area (Å²) in [5.74, 6) is 1.48. The Morgan fingerprint density at radius 2 is 2.36 bits per heavy atom. The predicted molar refractivity (Wildman–Crippen MR) is 50.5 cm³/mol. The molecular weight excluding hydrogens is 226 g/mol. The normalized spacial score (nSPS) is 10.0. The Labute approximate surface area is 77.9 Å². The second-order valence-corrected chi connectivity index (χ2v) is 3.86. The van der Waals surface area contributed by atoms with Gasteiger partial charge in [0, 0.05) is 0 Å². The Balaban J connectivity index is 2.96. The van der Waals surface area contributed by atoms with Crippen molar-refractivity contribution in [3.8, 4) is 0 Å². The maximum atomic E-state index is 5.54. The van der Waals surface area contributed by atoms with Crippen LogP contribution in [0.15, 0.2) is 15.8 Å². The van der Waals surface area contributed by atoms with E-state index >= 15 is 0 Å². The zero-order valence-corrected chi connectivity index (χ0v) is 8.44. The molecule has 0 aliphatic carbocycles. The molecule has 1 aromatic rings. The van der Waals surface area contributed by atoms with Crippen LogP contribution in [0.4, 0.5) is 5.82 Å². The summed E-state index contributed by atoms with van der Waals surface area (Å²) >= 11 is 4.95. The molecule has 11 heavy (non-hydrogen) atoms. The first-order valence-corrected chi connectivity index (χ1v) is 4.92. The zero-order chi connectivity index (χ0) is 8.27. The van der Waals surface area contributed by atoms with E-state index in [1.165, 1.54) is 6.33 Å². The first kappa shape index (κ1) is 8.80. The summed E-state index contributed by atoms with van der Waals surface area (Å²) in [5, 5.41) is 0.903. The molecule has 1 heterocycles. The van der Waals surface area contributed by atoms with Gasteiger partial charge in [-0.15, -0.1) is 11.8 Å². The fourth-order valence-corrected chi connectivity index (χ4v) is 1.78. The van der Waals surface area contributed by atoms with Crippen molar-refractivity contribution in [2.24, 2.45) is 0 Å². The molecule has 0 aliphatic heterocycles. The first-order valence-electron chi connectivity index (χ1n) is 3.14. The Morgan fingerprint density at radius 3 is 3.00 bits per heavy atom. The number of nitrogen functional groups attached to an aromatic ring is 1. The van der Waals surface area contributed by atoms with E-state index in [1.54, 1.807) is 11.8 Å². The van der Waals surface area contributed by atoms with Crippen LogP contribution in [-0.4, -0.2) is 15.7 Å². The summed E-state index contributed by atoms with van der Waals surface area (Å²) in [4.78, 5) is 7.88. The quantitative estimate of drug-likeness (QED) is 0.627. The van der Waals surface area contributed by atoms with Gasteiger partial charge in [-0.3, -0.25) is 0 Å². The van der Waals surface area contributed by atoms with E-state index in [2.05, 4.69) is 32.8 Å². The van der Waals surface area contributed by atoms with E-state index in [-0.39, 0.29) is 0 Å². The molecule has 1 rings (SSSR count). The van der Waals surface area contributed by atoms with Gasteiger partial charge in [-0.2, -0.15) is 0 Å². The molecule has 0 atom stereocenters. The zero-order valence-electron chi connectivity index (χ0n) is 6.04. The third-order valence-corrected chi connectivity index (χ3v) is 2.98. The SMILES string of the molecule is CCSc1ncnc(N)c1Br. The number of nitrogens with two attached hydrogens (primary N) is 1. The molecule has 2 N–H and O–H groups in total. The molecule has 3 nitrogen and oxygen atoms in total. The van der Waals surface area contributed by atoms with Gasteiger partial charge in [-0.1, -0.05) is 6.92 Å². The van der Waals surface area contributed by atoms with Crippen LogP contribution >= 0.6 is 27.7 Å². The Hall–Kier alpha value is -0.290. The van der Waals surface area contributed by atoms with E-state index in [4.69, 9.17) is 5.73 Å². The number of anilines is 1. The maximum Gasteiger partial charge on any atom is 0.142 e. The molecule has 0 saturated carbocycles. The number of nitrogens with zero attached hydrogens (tertiary/aromatic N) is 2. The molecular formula is C6H8BrN3S. The number of hydrogen-bond acceptors (Lipinski definition) is 4. The average molecular weight is 234 g/mol. The van der Waals surface area contributed by atoms with Crippen LogP contribution in [0.25, 0.3) is 0 Å². The van der Waals surface area contributed by atoms with E-state index in [9.17, 15) is 0 Å². The number of aromatic nitrogens is 2. The van der Waals surface area contributed by atoms with Crippen LogP contribution in [0.5, 0.6) is 0 Å². The van der Waals surface area contributed by atoms with Gasteiger partial charge in [-0.05, 0) is 21.7 Å². The molecule has 0 bridgehead atoms. The van der Waals surface area contributed by atoms with Crippen LogP contribution in [0, 0.1) is 0 Å². The lowest BCUT2D eigenvalue weighted by atomic mass is 10.6. The highest BCUT2D eigenvalue weighted by molar-refractivity contribution is 9.10. The third-order valence-electron chi connectivity index (χ3n) is 1.07. The highest BCUT2D eigenvalue weighted by Gasteiger charge is 2.04. The molecule has 1 aromatic heterocycles. The second-order valence-electron chi connectivity index (χ2n) is 1.81. The summed E-state index contributed by atoms with van der Waals surface area (Å²) in [6.45, 7) is 2.06. The molecule has 0 unspecified atom stereocenters. The Kier molecular flexibility index (Phi) is 3.14. The van der Waals surface area contributed by atoms with Crippen LogP contribution < -0.4 is 5.73 Å². The summed E-state index contributed by atoms with van der Waals surface area (Å²) < 4.78 is 0.798. The van der Waals surface area contributed by atoms with Crippen LogP contribution in [-0.2, 0) is 0 Å². The highest BCUT2D eigenvalue weighted by atomic mass is 79.9. The van der Waals surface area contributed by atoms with Gasteiger partial charge in [0.25, 0.3) is 0 Å². The summed E-state index contributed by atoms with van der Waals surface area (Å²) in [6, 6.07) is 0. The van der Waals surface area contributed by atoms with Crippen LogP contribution in [0.3, 0.4) is 0 Å². The van der Waals surface area contributed by atoms with Crippen molar-refractivity contribution in [1.82, 2.24) is 9.97 Å². The number of thioether (sulfide) groups is 1. The van der Waals surface area contributed by atoms with Crippen LogP contribution in [0.1, 0.15) is 6.92 Å². The van der Waals surface area contributed by atoms with Gasteiger partial charge in [0.2, 0.25) is 0 Å². The fourth-order valence-electron chi connectivity index (χ4n) is 0.604. The smallest absolute Gasteiger partial charge is 0.142 e. The van der Waals surface area contributed by atoms with E-state index in [0.717, 1.165) is 15.3 Å². The van der Waals surface area contributed by atoms with Crippen molar-refractivity contribution >= 4 is 33.5 Å². The van der Waals surface area contributed by atoms with E-state index < -0.39 is 0 Å². The van der Waals surface area contributed by atoms with Crippen molar-refractivity contribution in [2.45, 2.75) is 11.9 Å². The van der Waals surface area contributed by atoms with Gasteiger partial charge < -0.3 is 5.73 Å². The lowest BCUT2D eigenvalue weighted by molar-refractivity contribution is 1.03. The topological polar surface area (TPSA) is 51.8 Å². The van der Waals surface area contributed by atoms with Crippen molar-refractivity contribution in [2.75, 3.05) is 11.5 Å². The number of hydrogen-bond donors (Lipinski definition) is 1. The molecule has 0 aromatic carbocycles. The van der Waals surface area contributed by atoms with E-state index in [1.807, 2.05) is 0 Å². The lowest BCUT2D eigenvalue weighted by Gasteiger charge is -2.01. The minimum atomic E-state index is 0.496. The van der Waals surface area contributed by atoms with Gasteiger partial charge >= 0.3 is 0 Å². The van der Waals surface area contributed by atoms with Gasteiger partial charge in [0.05, 0.1) is 4.47 Å². The molecule has 0 spiro atoms. The number of halogens is 1. The molecule has 0 fully saturated rings. The largest absolute Gasteiger partial charge is 0.383 e. The summed E-state index contributed by atoms with van der Waals surface area (Å²) in [6.07, 6.45) is 1.47. The Bertz CT molecular complexity index is 254. The molecule has 0 radical (unpaired) electrons. The van der Waals surface area contributed by atoms with E-state index in [0.29, 0.717) is 5.82 Å². The van der Waals surface area contributed by atoms with Crippen molar-refractivity contribution in [3.63, 3.8) is 0 Å². The molecule has 0 amide bonds. The molecule has 60 valence electrons. The summed E-state index contributed by atoms with van der Waals surface area (Å²) in [7, 11) is 0. The fraction of sp³-hybridized carbons (Fsp3) is 0.333. The predicted octanol–water partition coefficient (Wildman–Crippen LogP) is 1.93. The molecule has 0 saturated heterocycles. The highest BCUT2D eigenvalue weighted by Crippen LogP contribution is 2.27. The standard InChI is InChI=1S/C6H8BrN3S/c1-2-11-6-4(7)5(8)9-3-10-6/h3H,2H2,1H3,(H2,8,9,10). The van der Waals surface area contributed by atoms with Crippen molar-refractivity contribution in [3.05, 3.63) is 10.8 Å².